The van der Waals surface area contributed by atoms with Gasteiger partial charge < -0.3 is 5.32 Å². The van der Waals surface area contributed by atoms with Crippen LogP contribution in [0.25, 0.3) is 0 Å². The molecule has 0 amide bonds. The molecular weight excluding hydrogens is 244 g/mol. The molecule has 0 saturated carbocycles. The molecule has 5 heteroatoms. The largest absolute Gasteiger partial charge is 0.317 e. The minimum Gasteiger partial charge on any atom is -0.317 e. The van der Waals surface area contributed by atoms with Crippen molar-refractivity contribution < 1.29 is 4.21 Å². The molecule has 1 aliphatic rings. The SMILES string of the molecule is O=S(Cc1ccc(Cl)nc1)C1CCNCC1. The van der Waals surface area contributed by atoms with Crippen molar-refractivity contribution in [3.8, 4) is 0 Å². The van der Waals surface area contributed by atoms with Gasteiger partial charge in [-0.25, -0.2) is 4.98 Å². The highest BCUT2D eigenvalue weighted by molar-refractivity contribution is 7.84. The Hall–Kier alpha value is -0.450. The van der Waals surface area contributed by atoms with Gasteiger partial charge in [-0.3, -0.25) is 4.21 Å². The number of piperidine rings is 1. The van der Waals surface area contributed by atoms with Gasteiger partial charge in [0.2, 0.25) is 0 Å². The first-order valence-corrected chi connectivity index (χ1v) is 7.20. The van der Waals surface area contributed by atoms with Crippen molar-refractivity contribution in [2.24, 2.45) is 0 Å². The van der Waals surface area contributed by atoms with E-state index < -0.39 is 10.8 Å². The summed E-state index contributed by atoms with van der Waals surface area (Å²) in [7, 11) is -0.787. The van der Waals surface area contributed by atoms with Crippen LogP contribution in [-0.2, 0) is 16.6 Å². The Morgan fingerprint density at radius 2 is 2.19 bits per heavy atom. The minimum absolute atomic E-state index is 0.330. The van der Waals surface area contributed by atoms with Crippen LogP contribution in [0.2, 0.25) is 5.15 Å². The number of hydrogen-bond donors (Lipinski definition) is 1. The average molecular weight is 259 g/mol. The summed E-state index contributed by atoms with van der Waals surface area (Å²) in [5.41, 5.74) is 1.00. The number of nitrogens with one attached hydrogen (secondary N) is 1. The number of aromatic nitrogens is 1. The summed E-state index contributed by atoms with van der Waals surface area (Å²) in [6.45, 7) is 1.96. The van der Waals surface area contributed by atoms with Crippen molar-refractivity contribution in [3.63, 3.8) is 0 Å². The smallest absolute Gasteiger partial charge is 0.129 e. The molecular formula is C11H15ClN2OS. The first-order chi connectivity index (χ1) is 7.75. The van der Waals surface area contributed by atoms with Gasteiger partial charge in [0, 0.05) is 22.2 Å². The number of rotatable bonds is 3. The van der Waals surface area contributed by atoms with Crippen LogP contribution in [0.15, 0.2) is 18.3 Å². The zero-order valence-electron chi connectivity index (χ0n) is 8.99. The maximum atomic E-state index is 12.1. The quantitative estimate of drug-likeness (QED) is 0.840. The van der Waals surface area contributed by atoms with Crippen molar-refractivity contribution in [2.75, 3.05) is 13.1 Å². The van der Waals surface area contributed by atoms with Gasteiger partial charge in [-0.1, -0.05) is 17.7 Å². The zero-order valence-corrected chi connectivity index (χ0v) is 10.6. The standard InChI is InChI=1S/C11H15ClN2OS/c12-11-2-1-9(7-14-11)8-16(15)10-3-5-13-6-4-10/h1-2,7,10,13H,3-6,8H2. The lowest BCUT2D eigenvalue weighted by Gasteiger charge is -2.21. The van der Waals surface area contributed by atoms with E-state index in [1.54, 1.807) is 12.3 Å². The first kappa shape index (κ1) is 12.0. The highest BCUT2D eigenvalue weighted by Crippen LogP contribution is 2.15. The van der Waals surface area contributed by atoms with Crippen LogP contribution in [0, 0.1) is 0 Å². The Bertz CT molecular complexity index is 363. The Balaban J connectivity index is 1.93. The van der Waals surface area contributed by atoms with Gasteiger partial charge in [-0.2, -0.15) is 0 Å². The lowest BCUT2D eigenvalue weighted by atomic mass is 10.2. The van der Waals surface area contributed by atoms with E-state index in [0.29, 0.717) is 16.2 Å². The third kappa shape index (κ3) is 3.27. The third-order valence-electron chi connectivity index (χ3n) is 2.76. The molecule has 1 atom stereocenters. The van der Waals surface area contributed by atoms with Crippen molar-refractivity contribution in [1.29, 1.82) is 0 Å². The van der Waals surface area contributed by atoms with Crippen molar-refractivity contribution in [1.82, 2.24) is 10.3 Å². The number of hydrogen-bond acceptors (Lipinski definition) is 3. The van der Waals surface area contributed by atoms with Crippen LogP contribution < -0.4 is 5.32 Å². The lowest BCUT2D eigenvalue weighted by molar-refractivity contribution is 0.519. The molecule has 88 valence electrons. The molecule has 1 N–H and O–H groups in total. The fraction of sp³-hybridized carbons (Fsp3) is 0.545. The summed E-state index contributed by atoms with van der Waals surface area (Å²) in [6, 6.07) is 3.64. The summed E-state index contributed by atoms with van der Waals surface area (Å²) in [5, 5.41) is 4.09. The molecule has 1 unspecified atom stereocenters. The first-order valence-electron chi connectivity index (χ1n) is 5.44. The van der Waals surface area contributed by atoms with E-state index >= 15 is 0 Å². The Labute approximate surface area is 103 Å². The Morgan fingerprint density at radius 1 is 1.44 bits per heavy atom. The summed E-state index contributed by atoms with van der Waals surface area (Å²) in [6.07, 6.45) is 3.72. The molecule has 3 nitrogen and oxygen atoms in total. The van der Waals surface area contributed by atoms with Crippen LogP contribution >= 0.6 is 11.6 Å². The molecule has 0 aliphatic carbocycles. The summed E-state index contributed by atoms with van der Waals surface area (Å²) < 4.78 is 12.1. The number of halogens is 1. The molecule has 1 fully saturated rings. The van der Waals surface area contributed by atoms with Crippen LogP contribution in [0.5, 0.6) is 0 Å². The predicted molar refractivity (Wildman–Crippen MR) is 67.0 cm³/mol. The van der Waals surface area contributed by atoms with E-state index in [-0.39, 0.29) is 0 Å². The molecule has 0 aromatic carbocycles. The summed E-state index contributed by atoms with van der Waals surface area (Å²) in [4.78, 5) is 4.00. The zero-order chi connectivity index (χ0) is 11.4. The summed E-state index contributed by atoms with van der Waals surface area (Å²) in [5.74, 6) is 0.592. The second-order valence-electron chi connectivity index (χ2n) is 3.96. The second kappa shape index (κ2) is 5.75. The lowest BCUT2D eigenvalue weighted by Crippen LogP contribution is -2.33. The van der Waals surface area contributed by atoms with Crippen molar-refractivity contribution in [3.05, 3.63) is 29.0 Å². The van der Waals surface area contributed by atoms with Crippen LogP contribution in [0.4, 0.5) is 0 Å². The number of nitrogens with zero attached hydrogens (tertiary/aromatic N) is 1. The molecule has 1 aromatic rings. The fourth-order valence-electron chi connectivity index (χ4n) is 1.83. The predicted octanol–water partition coefficient (Wildman–Crippen LogP) is 1.74. The molecule has 0 radical (unpaired) electrons. The molecule has 0 bridgehead atoms. The van der Waals surface area contributed by atoms with Gasteiger partial charge in [0.1, 0.15) is 5.15 Å². The molecule has 16 heavy (non-hydrogen) atoms. The van der Waals surface area contributed by atoms with Gasteiger partial charge in [0.25, 0.3) is 0 Å². The molecule has 1 aromatic heterocycles. The average Bonchev–Trinajstić information content (AvgIpc) is 2.33. The van der Waals surface area contributed by atoms with E-state index in [9.17, 15) is 4.21 Å². The molecule has 1 aliphatic heterocycles. The van der Waals surface area contributed by atoms with Gasteiger partial charge in [-0.05, 0) is 37.6 Å². The highest BCUT2D eigenvalue weighted by atomic mass is 35.5. The van der Waals surface area contributed by atoms with Crippen LogP contribution in [0.3, 0.4) is 0 Å². The Kier molecular flexibility index (Phi) is 4.32. The molecule has 1 saturated heterocycles. The topological polar surface area (TPSA) is 42.0 Å². The van der Waals surface area contributed by atoms with E-state index in [4.69, 9.17) is 11.6 Å². The third-order valence-corrected chi connectivity index (χ3v) is 4.81. The monoisotopic (exact) mass is 258 g/mol. The van der Waals surface area contributed by atoms with Crippen LogP contribution in [0.1, 0.15) is 18.4 Å². The maximum absolute atomic E-state index is 12.1. The fourth-order valence-corrected chi connectivity index (χ4v) is 3.44. The van der Waals surface area contributed by atoms with E-state index in [1.807, 2.05) is 6.07 Å². The van der Waals surface area contributed by atoms with Crippen molar-refractivity contribution in [2.45, 2.75) is 23.8 Å². The van der Waals surface area contributed by atoms with Crippen molar-refractivity contribution >= 4 is 22.4 Å². The second-order valence-corrected chi connectivity index (χ2v) is 6.07. The van der Waals surface area contributed by atoms with E-state index in [0.717, 1.165) is 31.5 Å². The van der Waals surface area contributed by atoms with Gasteiger partial charge in [-0.15, -0.1) is 0 Å². The normalized spacial score (nSPS) is 19.6. The summed E-state index contributed by atoms with van der Waals surface area (Å²) >= 11 is 5.70. The maximum Gasteiger partial charge on any atom is 0.129 e. The Morgan fingerprint density at radius 3 is 2.81 bits per heavy atom. The van der Waals surface area contributed by atoms with Gasteiger partial charge >= 0.3 is 0 Å². The van der Waals surface area contributed by atoms with E-state index in [2.05, 4.69) is 10.3 Å². The number of pyridine rings is 1. The molecule has 2 rings (SSSR count). The molecule has 0 spiro atoms. The molecule has 2 heterocycles. The van der Waals surface area contributed by atoms with Gasteiger partial charge in [0.15, 0.2) is 0 Å². The van der Waals surface area contributed by atoms with Gasteiger partial charge in [0.05, 0.1) is 5.75 Å². The highest BCUT2D eigenvalue weighted by Gasteiger charge is 2.19. The minimum atomic E-state index is -0.787. The van der Waals surface area contributed by atoms with E-state index in [1.165, 1.54) is 0 Å². The van der Waals surface area contributed by atoms with Crippen LogP contribution in [-0.4, -0.2) is 27.5 Å².